The van der Waals surface area contributed by atoms with Crippen LogP contribution in [0.3, 0.4) is 0 Å². The molecule has 0 unspecified atom stereocenters. The number of nitrogens with one attached hydrogen (secondary N) is 1. The molecule has 3 aromatic carbocycles. The number of thiazole rings is 1. The Balaban J connectivity index is 1.92. The van der Waals surface area contributed by atoms with Gasteiger partial charge in [0.25, 0.3) is 5.91 Å². The molecule has 0 spiro atoms. The SMILES string of the molecule is CC(C)NC(=O)c1ccc2c(-c3ccc(C(F)(F)F)cc3)cc3sc(N)nc3c2c1. The molecule has 1 aromatic heterocycles. The second-order valence-electron chi connectivity index (χ2n) is 7.29. The van der Waals surface area contributed by atoms with Gasteiger partial charge in [-0.05, 0) is 60.7 Å². The van der Waals surface area contributed by atoms with Crippen molar-refractivity contribution in [3.8, 4) is 11.1 Å². The molecule has 0 saturated carbocycles. The van der Waals surface area contributed by atoms with E-state index in [0.717, 1.165) is 33.2 Å². The maximum Gasteiger partial charge on any atom is 0.416 e. The van der Waals surface area contributed by atoms with E-state index in [2.05, 4.69) is 10.3 Å². The first-order valence-corrected chi connectivity index (χ1v) is 10.1. The third-order valence-corrected chi connectivity index (χ3v) is 5.55. The summed E-state index contributed by atoms with van der Waals surface area (Å²) in [5.74, 6) is -0.205. The van der Waals surface area contributed by atoms with Crippen LogP contribution in [0, 0.1) is 0 Å². The van der Waals surface area contributed by atoms with Crippen LogP contribution < -0.4 is 11.1 Å². The normalized spacial score (nSPS) is 12.1. The Kier molecular flexibility index (Phi) is 4.89. The quantitative estimate of drug-likeness (QED) is 0.429. The highest BCUT2D eigenvalue weighted by atomic mass is 32.1. The van der Waals surface area contributed by atoms with Crippen molar-refractivity contribution in [2.24, 2.45) is 0 Å². The Hall–Kier alpha value is -3.13. The summed E-state index contributed by atoms with van der Waals surface area (Å²) in [6.07, 6.45) is -4.39. The molecule has 1 heterocycles. The van der Waals surface area contributed by atoms with E-state index in [1.807, 2.05) is 19.9 Å². The van der Waals surface area contributed by atoms with E-state index in [1.165, 1.54) is 23.5 Å². The topological polar surface area (TPSA) is 68.0 Å². The second kappa shape index (κ2) is 7.28. The molecule has 0 aliphatic heterocycles. The molecular formula is C22H18F3N3OS. The molecule has 30 heavy (non-hydrogen) atoms. The summed E-state index contributed by atoms with van der Waals surface area (Å²) in [6, 6.07) is 12.2. The van der Waals surface area contributed by atoms with Gasteiger partial charge in [0, 0.05) is 17.0 Å². The first-order valence-electron chi connectivity index (χ1n) is 9.25. The van der Waals surface area contributed by atoms with Crippen LogP contribution >= 0.6 is 11.3 Å². The molecule has 4 aromatic rings. The number of rotatable bonds is 3. The number of amides is 1. The Morgan fingerprint density at radius 1 is 1.07 bits per heavy atom. The van der Waals surface area contributed by atoms with E-state index in [4.69, 9.17) is 5.73 Å². The summed E-state index contributed by atoms with van der Waals surface area (Å²) in [7, 11) is 0. The highest BCUT2D eigenvalue weighted by Gasteiger charge is 2.30. The first-order chi connectivity index (χ1) is 14.1. The molecule has 4 rings (SSSR count). The Bertz CT molecular complexity index is 1260. The van der Waals surface area contributed by atoms with Crippen LogP contribution in [0.25, 0.3) is 32.1 Å². The molecule has 0 radical (unpaired) electrons. The average Bonchev–Trinajstić information content (AvgIpc) is 3.06. The number of fused-ring (bicyclic) bond motifs is 3. The number of halogens is 3. The monoisotopic (exact) mass is 429 g/mol. The van der Waals surface area contributed by atoms with Crippen LogP contribution in [0.2, 0.25) is 0 Å². The molecule has 8 heteroatoms. The van der Waals surface area contributed by atoms with Gasteiger partial charge in [0.15, 0.2) is 5.13 Å². The van der Waals surface area contributed by atoms with E-state index in [1.54, 1.807) is 18.2 Å². The number of hydrogen-bond donors (Lipinski definition) is 2. The van der Waals surface area contributed by atoms with Crippen molar-refractivity contribution in [1.82, 2.24) is 10.3 Å². The van der Waals surface area contributed by atoms with E-state index < -0.39 is 11.7 Å². The standard InChI is InChI=1S/C22H18F3N3OS/c1-11(2)27-20(29)13-5-8-15-16(12-3-6-14(7-4-12)22(23,24)25)10-18-19(17(15)9-13)28-21(26)30-18/h3-11H,1-2H3,(H2,26,28)(H,27,29). The lowest BCUT2D eigenvalue weighted by atomic mass is 9.95. The molecule has 0 fully saturated rings. The molecule has 0 saturated heterocycles. The summed E-state index contributed by atoms with van der Waals surface area (Å²) in [5, 5.41) is 4.75. The van der Waals surface area contributed by atoms with Crippen molar-refractivity contribution in [2.45, 2.75) is 26.1 Å². The van der Waals surface area contributed by atoms with Crippen molar-refractivity contribution < 1.29 is 18.0 Å². The first kappa shape index (κ1) is 20.2. The molecule has 0 bridgehead atoms. The van der Waals surface area contributed by atoms with E-state index in [0.29, 0.717) is 21.8 Å². The average molecular weight is 429 g/mol. The molecule has 0 atom stereocenters. The van der Waals surface area contributed by atoms with Crippen molar-refractivity contribution in [2.75, 3.05) is 5.73 Å². The highest BCUT2D eigenvalue weighted by Crippen LogP contribution is 2.39. The predicted molar refractivity (Wildman–Crippen MR) is 115 cm³/mol. The molecule has 154 valence electrons. The van der Waals surface area contributed by atoms with Gasteiger partial charge in [-0.1, -0.05) is 29.5 Å². The third kappa shape index (κ3) is 3.70. The number of benzene rings is 3. The number of nitrogens with zero attached hydrogens (tertiary/aromatic N) is 1. The van der Waals surface area contributed by atoms with Gasteiger partial charge in [0.2, 0.25) is 0 Å². The fraction of sp³-hybridized carbons (Fsp3) is 0.182. The predicted octanol–water partition coefficient (Wildman–Crippen LogP) is 5.86. The van der Waals surface area contributed by atoms with Gasteiger partial charge in [-0.2, -0.15) is 13.2 Å². The molecule has 0 aliphatic rings. The zero-order chi connectivity index (χ0) is 21.6. The number of carbonyl (C=O) groups is 1. The van der Waals surface area contributed by atoms with Crippen molar-refractivity contribution in [3.63, 3.8) is 0 Å². The van der Waals surface area contributed by atoms with E-state index in [-0.39, 0.29) is 11.9 Å². The Labute approximate surface area is 174 Å². The summed E-state index contributed by atoms with van der Waals surface area (Å²) >= 11 is 1.29. The van der Waals surface area contributed by atoms with Crippen LogP contribution in [0.15, 0.2) is 48.5 Å². The lowest BCUT2D eigenvalue weighted by Gasteiger charge is -2.12. The van der Waals surface area contributed by atoms with Crippen LogP contribution in [0.1, 0.15) is 29.8 Å². The number of anilines is 1. The number of hydrogen-bond acceptors (Lipinski definition) is 4. The lowest BCUT2D eigenvalue weighted by Crippen LogP contribution is -2.29. The van der Waals surface area contributed by atoms with Gasteiger partial charge < -0.3 is 11.1 Å². The zero-order valence-electron chi connectivity index (χ0n) is 16.2. The van der Waals surface area contributed by atoms with E-state index >= 15 is 0 Å². The third-order valence-electron chi connectivity index (χ3n) is 4.72. The van der Waals surface area contributed by atoms with Crippen molar-refractivity contribution in [3.05, 3.63) is 59.7 Å². The number of alkyl halides is 3. The van der Waals surface area contributed by atoms with Crippen LogP contribution in [-0.4, -0.2) is 16.9 Å². The van der Waals surface area contributed by atoms with Gasteiger partial charge in [-0.25, -0.2) is 4.98 Å². The molecular weight excluding hydrogens is 411 g/mol. The number of carbonyl (C=O) groups excluding carboxylic acids is 1. The molecule has 0 aliphatic carbocycles. The minimum absolute atomic E-state index is 0.0124. The fourth-order valence-electron chi connectivity index (χ4n) is 3.39. The van der Waals surface area contributed by atoms with Crippen molar-refractivity contribution in [1.29, 1.82) is 0 Å². The lowest BCUT2D eigenvalue weighted by molar-refractivity contribution is -0.137. The summed E-state index contributed by atoms with van der Waals surface area (Å²) < 4.78 is 39.6. The smallest absolute Gasteiger partial charge is 0.375 e. The fourth-order valence-corrected chi connectivity index (χ4v) is 4.18. The highest BCUT2D eigenvalue weighted by molar-refractivity contribution is 7.22. The number of nitrogen functional groups attached to an aromatic ring is 1. The van der Waals surface area contributed by atoms with Crippen molar-refractivity contribution >= 4 is 43.4 Å². The minimum atomic E-state index is -4.39. The minimum Gasteiger partial charge on any atom is -0.375 e. The number of aromatic nitrogens is 1. The maximum atomic E-state index is 12.9. The molecule has 3 N–H and O–H groups in total. The van der Waals surface area contributed by atoms with Gasteiger partial charge in [0.05, 0.1) is 15.8 Å². The maximum absolute atomic E-state index is 12.9. The van der Waals surface area contributed by atoms with Gasteiger partial charge in [-0.15, -0.1) is 0 Å². The van der Waals surface area contributed by atoms with Gasteiger partial charge in [0.1, 0.15) is 0 Å². The summed E-state index contributed by atoms with van der Waals surface area (Å²) in [6.45, 7) is 3.75. The van der Waals surface area contributed by atoms with Crippen LogP contribution in [0.4, 0.5) is 18.3 Å². The van der Waals surface area contributed by atoms with Gasteiger partial charge >= 0.3 is 6.18 Å². The Morgan fingerprint density at radius 3 is 2.40 bits per heavy atom. The Morgan fingerprint density at radius 2 is 1.77 bits per heavy atom. The zero-order valence-corrected chi connectivity index (χ0v) is 17.0. The number of nitrogens with two attached hydrogens (primary N) is 1. The van der Waals surface area contributed by atoms with Gasteiger partial charge in [-0.3, -0.25) is 4.79 Å². The largest absolute Gasteiger partial charge is 0.416 e. The second-order valence-corrected chi connectivity index (χ2v) is 8.35. The molecule has 1 amide bonds. The van der Waals surface area contributed by atoms with Crippen LogP contribution in [0.5, 0.6) is 0 Å². The molecule has 4 nitrogen and oxygen atoms in total. The summed E-state index contributed by atoms with van der Waals surface area (Å²) in [5.41, 5.74) is 7.75. The van der Waals surface area contributed by atoms with E-state index in [9.17, 15) is 18.0 Å². The van der Waals surface area contributed by atoms with Crippen LogP contribution in [-0.2, 0) is 6.18 Å². The summed E-state index contributed by atoms with van der Waals surface area (Å²) in [4.78, 5) is 16.9.